The Morgan fingerprint density at radius 2 is 1.73 bits per heavy atom. The van der Waals surface area contributed by atoms with Crippen LogP contribution in [0.15, 0.2) is 48.5 Å². The number of ketones is 1. The van der Waals surface area contributed by atoms with Gasteiger partial charge in [-0.15, -0.1) is 0 Å². The van der Waals surface area contributed by atoms with Gasteiger partial charge in [0.2, 0.25) is 5.91 Å². The van der Waals surface area contributed by atoms with E-state index in [2.05, 4.69) is 19.2 Å². The highest BCUT2D eigenvalue weighted by molar-refractivity contribution is 5.99. The van der Waals surface area contributed by atoms with Crippen molar-refractivity contribution < 1.29 is 19.1 Å². The Bertz CT molecular complexity index is 796. The smallest absolute Gasteiger partial charge is 0.338 e. The average molecular weight is 353 g/mol. The van der Waals surface area contributed by atoms with Crippen molar-refractivity contribution in [3.63, 3.8) is 0 Å². The van der Waals surface area contributed by atoms with Gasteiger partial charge in [-0.1, -0.05) is 44.2 Å². The molecule has 0 aliphatic heterocycles. The number of hydrogen-bond acceptors (Lipinski definition) is 4. The summed E-state index contributed by atoms with van der Waals surface area (Å²) in [6.07, 6.45) is 1.03. The van der Waals surface area contributed by atoms with E-state index in [1.54, 1.807) is 30.3 Å². The number of carbonyl (C=O) groups is 3. The van der Waals surface area contributed by atoms with E-state index in [0.29, 0.717) is 17.2 Å². The second-order valence-electron chi connectivity index (χ2n) is 6.19. The summed E-state index contributed by atoms with van der Waals surface area (Å²) < 4.78 is 5.10. The molecule has 0 spiro atoms. The number of Topliss-reactive ketones (excluding diaryl/α,β-unsaturated/α-hetero) is 1. The summed E-state index contributed by atoms with van der Waals surface area (Å²) in [6, 6.07) is 13.8. The Morgan fingerprint density at radius 3 is 2.35 bits per heavy atom. The van der Waals surface area contributed by atoms with Crippen molar-refractivity contribution in [1.29, 1.82) is 0 Å². The maximum atomic E-state index is 12.2. The fraction of sp³-hybridized carbons (Fsp3) is 0.286. The van der Waals surface area contributed by atoms with Gasteiger partial charge in [0.25, 0.3) is 0 Å². The SMILES string of the molecule is CC[C@@H](C)c1ccc(C(=O)COC(=O)c2cccc(NC(C)=O)c2)cc1. The van der Waals surface area contributed by atoms with Crippen LogP contribution in [-0.4, -0.2) is 24.3 Å². The normalized spacial score (nSPS) is 11.5. The fourth-order valence-corrected chi connectivity index (χ4v) is 2.46. The number of esters is 1. The van der Waals surface area contributed by atoms with Crippen LogP contribution in [0.1, 0.15) is 59.4 Å². The molecular formula is C21H23NO4. The average Bonchev–Trinajstić information content (AvgIpc) is 2.65. The van der Waals surface area contributed by atoms with Crippen molar-refractivity contribution in [3.8, 4) is 0 Å². The highest BCUT2D eigenvalue weighted by atomic mass is 16.5. The van der Waals surface area contributed by atoms with Crippen LogP contribution >= 0.6 is 0 Å². The lowest BCUT2D eigenvalue weighted by atomic mass is 9.97. The monoisotopic (exact) mass is 353 g/mol. The molecule has 0 radical (unpaired) electrons. The Kier molecular flexibility index (Phi) is 6.67. The van der Waals surface area contributed by atoms with Crippen LogP contribution in [-0.2, 0) is 9.53 Å². The van der Waals surface area contributed by atoms with E-state index < -0.39 is 5.97 Å². The third kappa shape index (κ3) is 5.28. The van der Waals surface area contributed by atoms with Crippen molar-refractivity contribution in [2.75, 3.05) is 11.9 Å². The molecule has 0 aromatic heterocycles. The first kappa shape index (κ1) is 19.4. The summed E-state index contributed by atoms with van der Waals surface area (Å²) in [5.41, 5.74) is 2.46. The standard InChI is InChI=1S/C21H23NO4/c1-4-14(2)16-8-10-17(11-9-16)20(24)13-26-21(25)18-6-5-7-19(12-18)22-15(3)23/h5-12,14H,4,13H2,1-3H3,(H,22,23)/t14-/m1/s1. The zero-order valence-corrected chi connectivity index (χ0v) is 15.2. The molecule has 0 heterocycles. The number of nitrogens with one attached hydrogen (secondary N) is 1. The molecule has 1 amide bonds. The van der Waals surface area contributed by atoms with Gasteiger partial charge < -0.3 is 10.1 Å². The molecule has 0 saturated heterocycles. The molecule has 0 aliphatic rings. The van der Waals surface area contributed by atoms with E-state index in [9.17, 15) is 14.4 Å². The van der Waals surface area contributed by atoms with Gasteiger partial charge in [0, 0.05) is 18.2 Å². The van der Waals surface area contributed by atoms with Gasteiger partial charge in [0.1, 0.15) is 0 Å². The zero-order valence-electron chi connectivity index (χ0n) is 15.2. The van der Waals surface area contributed by atoms with Gasteiger partial charge in [0.15, 0.2) is 12.4 Å². The molecule has 0 bridgehead atoms. The number of rotatable bonds is 7. The summed E-state index contributed by atoms with van der Waals surface area (Å²) in [7, 11) is 0. The number of hydrogen-bond donors (Lipinski definition) is 1. The summed E-state index contributed by atoms with van der Waals surface area (Å²) in [5.74, 6) is -0.659. The Balaban J connectivity index is 1.96. The van der Waals surface area contributed by atoms with E-state index in [4.69, 9.17) is 4.74 Å². The molecule has 2 aromatic carbocycles. The molecule has 0 aliphatic carbocycles. The summed E-state index contributed by atoms with van der Waals surface area (Å²) in [5, 5.41) is 2.60. The predicted molar refractivity (Wildman–Crippen MR) is 101 cm³/mol. The van der Waals surface area contributed by atoms with Crippen LogP contribution in [0.25, 0.3) is 0 Å². The van der Waals surface area contributed by atoms with Crippen LogP contribution in [0.4, 0.5) is 5.69 Å². The molecule has 0 fully saturated rings. The molecule has 1 N–H and O–H groups in total. The first-order valence-corrected chi connectivity index (χ1v) is 8.58. The lowest BCUT2D eigenvalue weighted by molar-refractivity contribution is -0.114. The van der Waals surface area contributed by atoms with Gasteiger partial charge >= 0.3 is 5.97 Å². The van der Waals surface area contributed by atoms with Gasteiger partial charge in [-0.3, -0.25) is 9.59 Å². The fourth-order valence-electron chi connectivity index (χ4n) is 2.46. The topological polar surface area (TPSA) is 72.5 Å². The highest BCUT2D eigenvalue weighted by Gasteiger charge is 2.13. The Hall–Kier alpha value is -2.95. The first-order valence-electron chi connectivity index (χ1n) is 8.58. The van der Waals surface area contributed by atoms with Gasteiger partial charge in [-0.05, 0) is 36.1 Å². The van der Waals surface area contributed by atoms with E-state index in [-0.39, 0.29) is 23.9 Å². The van der Waals surface area contributed by atoms with E-state index in [1.807, 2.05) is 12.1 Å². The van der Waals surface area contributed by atoms with Crippen molar-refractivity contribution in [2.24, 2.45) is 0 Å². The van der Waals surface area contributed by atoms with Crippen LogP contribution in [0.5, 0.6) is 0 Å². The van der Waals surface area contributed by atoms with E-state index >= 15 is 0 Å². The molecule has 136 valence electrons. The van der Waals surface area contributed by atoms with E-state index in [1.165, 1.54) is 18.6 Å². The molecular weight excluding hydrogens is 330 g/mol. The number of amides is 1. The number of carbonyl (C=O) groups excluding carboxylic acids is 3. The molecule has 0 saturated carbocycles. The maximum absolute atomic E-state index is 12.2. The van der Waals surface area contributed by atoms with Gasteiger partial charge in [-0.2, -0.15) is 0 Å². The maximum Gasteiger partial charge on any atom is 0.338 e. The van der Waals surface area contributed by atoms with Crippen molar-refractivity contribution >= 4 is 23.3 Å². The van der Waals surface area contributed by atoms with E-state index in [0.717, 1.165) is 6.42 Å². The lowest BCUT2D eigenvalue weighted by Crippen LogP contribution is -2.15. The minimum atomic E-state index is -0.609. The number of anilines is 1. The molecule has 5 nitrogen and oxygen atoms in total. The van der Waals surface area contributed by atoms with Crippen LogP contribution in [0.3, 0.4) is 0 Å². The summed E-state index contributed by atoms with van der Waals surface area (Å²) >= 11 is 0. The molecule has 2 aromatic rings. The van der Waals surface area contributed by atoms with Crippen molar-refractivity contribution in [1.82, 2.24) is 0 Å². The predicted octanol–water partition coefficient (Wildman–Crippen LogP) is 4.20. The van der Waals surface area contributed by atoms with Crippen LogP contribution < -0.4 is 5.32 Å². The Labute approximate surface area is 153 Å². The quantitative estimate of drug-likeness (QED) is 0.598. The van der Waals surface area contributed by atoms with Gasteiger partial charge in [-0.25, -0.2) is 4.79 Å². The molecule has 26 heavy (non-hydrogen) atoms. The minimum Gasteiger partial charge on any atom is -0.454 e. The molecule has 1 atom stereocenters. The molecule has 5 heteroatoms. The van der Waals surface area contributed by atoms with Crippen molar-refractivity contribution in [2.45, 2.75) is 33.1 Å². The zero-order chi connectivity index (χ0) is 19.1. The molecule has 0 unspecified atom stereocenters. The van der Waals surface area contributed by atoms with Gasteiger partial charge in [0.05, 0.1) is 5.56 Å². The highest BCUT2D eigenvalue weighted by Crippen LogP contribution is 2.19. The van der Waals surface area contributed by atoms with Crippen LogP contribution in [0, 0.1) is 0 Å². The number of ether oxygens (including phenoxy) is 1. The first-order chi connectivity index (χ1) is 12.4. The summed E-state index contributed by atoms with van der Waals surface area (Å²) in [6.45, 7) is 5.31. The minimum absolute atomic E-state index is 0.230. The third-order valence-corrected chi connectivity index (χ3v) is 4.17. The number of benzene rings is 2. The van der Waals surface area contributed by atoms with Crippen molar-refractivity contribution in [3.05, 3.63) is 65.2 Å². The largest absolute Gasteiger partial charge is 0.454 e. The lowest BCUT2D eigenvalue weighted by Gasteiger charge is -2.10. The third-order valence-electron chi connectivity index (χ3n) is 4.17. The Morgan fingerprint density at radius 1 is 1.04 bits per heavy atom. The van der Waals surface area contributed by atoms with Crippen LogP contribution in [0.2, 0.25) is 0 Å². The second kappa shape index (κ2) is 8.94. The second-order valence-corrected chi connectivity index (χ2v) is 6.19. The molecule has 2 rings (SSSR count). The summed E-state index contributed by atoms with van der Waals surface area (Å²) in [4.78, 5) is 35.4.